The Morgan fingerprint density at radius 1 is 0.472 bits per heavy atom. The zero-order valence-corrected chi connectivity index (χ0v) is 79.4. The van der Waals surface area contributed by atoms with Crippen molar-refractivity contribution < 1.29 is 24.1 Å². The van der Waals surface area contributed by atoms with Crippen LogP contribution in [0, 0.1) is 34.1 Å². The van der Waals surface area contributed by atoms with Crippen LogP contribution in [0.3, 0.4) is 0 Å². The average Bonchev–Trinajstić information content (AvgIpc) is 1.67. The quantitative estimate of drug-likeness (QED) is 0.0151. The highest BCUT2D eigenvalue weighted by atomic mass is 35.5. The molecule has 4 saturated heterocycles. The number of nitrogens with one attached hydrogen (secondary N) is 2. The van der Waals surface area contributed by atoms with Crippen molar-refractivity contribution in [1.82, 2.24) is 83.8 Å². The Kier molecular flexibility index (Phi) is 29.4. The molecule has 18 rings (SSSR count). The van der Waals surface area contributed by atoms with E-state index in [0.29, 0.717) is 49.4 Å². The van der Waals surface area contributed by atoms with Crippen molar-refractivity contribution in [3.05, 3.63) is 182 Å². The Balaban J connectivity index is 0.000000133. The van der Waals surface area contributed by atoms with Gasteiger partial charge in [-0.1, -0.05) is 70.5 Å². The lowest BCUT2D eigenvalue weighted by molar-refractivity contribution is -0.385. The fourth-order valence-electron chi connectivity index (χ4n) is 16.2. The molecule has 0 bridgehead atoms. The fourth-order valence-corrected chi connectivity index (χ4v) is 18.7. The molecular formula is C88H119ClN28O7Si3. The summed E-state index contributed by atoms with van der Waals surface area (Å²) in [5.74, 6) is 6.73. The molecule has 12 aromatic heterocycles. The molecule has 0 unspecified atom stereocenters. The van der Waals surface area contributed by atoms with E-state index in [9.17, 15) is 20.2 Å². The Morgan fingerprint density at radius 2 is 0.843 bits per heavy atom. The molecule has 0 aliphatic carbocycles. The molecule has 35 nitrogen and oxygen atoms in total. The summed E-state index contributed by atoms with van der Waals surface area (Å²) in [4.78, 5) is 102. The van der Waals surface area contributed by atoms with E-state index >= 15 is 0 Å². The molecule has 0 amide bonds. The normalized spacial score (nSPS) is 17.1. The van der Waals surface area contributed by atoms with Crippen LogP contribution in [0.15, 0.2) is 133 Å². The number of nitrogens with zero attached hydrogens (tertiary/aromatic N) is 26. The molecule has 6 aliphatic rings. The van der Waals surface area contributed by atoms with Crippen LogP contribution in [-0.2, 0) is 47.5 Å². The second kappa shape index (κ2) is 40.7. The van der Waals surface area contributed by atoms with Crippen molar-refractivity contribution in [2.45, 2.75) is 174 Å². The van der Waals surface area contributed by atoms with E-state index in [-0.39, 0.29) is 22.6 Å². The molecule has 127 heavy (non-hydrogen) atoms. The van der Waals surface area contributed by atoms with Gasteiger partial charge in [-0.15, -0.1) is 0 Å². The lowest BCUT2D eigenvalue weighted by Gasteiger charge is -2.26. The molecule has 4 atom stereocenters. The SMILES string of the molecule is CN(c1cc2c(cn1)CN=C2)[C@@H]1CCN(c2ncnc3[nH]ccc23)C1.CN(c1cc2c(cn1)CN=C2)[C@@H]1CCN(c2ncnc3c2ccn3COCC[Si](C)(C)C)C1.CN[C@@H]1CCN(c2ncnc3c2ccn3COCC[Si](C)(C)C)C1.Cc1cc(Cl)ncc1[N+](=O)[O-].Cc1cc(N(C)[C@@H]2CCN(c3ncnc4c3ccn4COCC[Si](C)(C)C)C2)ncc1[N+](=O)[O-]. The number of pyridine rings is 4. The van der Waals surface area contributed by atoms with Crippen LogP contribution in [0.25, 0.3) is 44.1 Å². The minimum Gasteiger partial charge on any atom is -0.361 e. The second-order valence-corrected chi connectivity index (χ2v) is 54.2. The van der Waals surface area contributed by atoms with Gasteiger partial charge in [0.2, 0.25) is 0 Å². The smallest absolute Gasteiger partial charge is 0.290 e. The van der Waals surface area contributed by atoms with Gasteiger partial charge >= 0.3 is 0 Å². The molecule has 0 saturated carbocycles. The summed E-state index contributed by atoms with van der Waals surface area (Å²) in [6.45, 7) is 37.6. The van der Waals surface area contributed by atoms with Gasteiger partial charge in [-0.05, 0) is 113 Å². The van der Waals surface area contributed by atoms with Gasteiger partial charge in [0.1, 0.15) is 126 Å². The van der Waals surface area contributed by atoms with Crippen molar-refractivity contribution in [1.29, 1.82) is 0 Å². The number of nitro groups is 2. The van der Waals surface area contributed by atoms with Crippen LogP contribution in [0.2, 0.25) is 82.2 Å². The van der Waals surface area contributed by atoms with Gasteiger partial charge in [0, 0.05) is 225 Å². The van der Waals surface area contributed by atoms with Crippen LogP contribution in [-0.4, -0.2) is 250 Å². The van der Waals surface area contributed by atoms with Crippen molar-refractivity contribution in [2.24, 2.45) is 9.98 Å². The third-order valence-electron chi connectivity index (χ3n) is 24.1. The van der Waals surface area contributed by atoms with Gasteiger partial charge in [-0.2, -0.15) is 0 Å². The van der Waals surface area contributed by atoms with E-state index in [0.717, 1.165) is 208 Å². The number of halogens is 1. The van der Waals surface area contributed by atoms with Crippen molar-refractivity contribution in [3.8, 4) is 0 Å². The first-order valence-corrected chi connectivity index (χ1v) is 55.0. The summed E-state index contributed by atoms with van der Waals surface area (Å²) >= 11 is 5.49. The number of likely N-dealkylation sites (N-methyl/N-ethyl adjacent to an activating group) is 4. The van der Waals surface area contributed by atoms with E-state index in [1.807, 2.05) is 61.9 Å². The van der Waals surface area contributed by atoms with Crippen LogP contribution in [0.5, 0.6) is 0 Å². The fraction of sp³-hybridized carbons (Fsp3) is 0.477. The lowest BCUT2D eigenvalue weighted by Crippen LogP contribution is -2.35. The largest absolute Gasteiger partial charge is 0.361 e. The summed E-state index contributed by atoms with van der Waals surface area (Å²) in [6, 6.07) is 20.9. The highest BCUT2D eigenvalue weighted by molar-refractivity contribution is 6.76. The van der Waals surface area contributed by atoms with Crippen LogP contribution in [0.1, 0.15) is 59.1 Å². The van der Waals surface area contributed by atoms with Gasteiger partial charge in [-0.3, -0.25) is 30.2 Å². The molecule has 0 radical (unpaired) electrons. The minimum absolute atomic E-state index is 0.00519. The topological polar surface area (TPSA) is 359 Å². The molecule has 0 aromatic carbocycles. The van der Waals surface area contributed by atoms with E-state index in [4.69, 9.17) is 25.8 Å². The lowest BCUT2D eigenvalue weighted by atomic mass is 10.1. The van der Waals surface area contributed by atoms with E-state index in [2.05, 4.69) is 239 Å². The molecule has 39 heteroatoms. The first-order chi connectivity index (χ1) is 60.9. The number of aryl methyl sites for hydroxylation is 2. The summed E-state index contributed by atoms with van der Waals surface area (Å²) in [7, 11) is 5.04. The number of H-pyrrole nitrogens is 1. The number of aromatic amines is 1. The standard InChI is InChI=1S/C24H33N7OSi.C23H33N7O3Si.C18H19N7.C17H29N5OSi.C6H5ClN2O2/c1-29(22-11-18-12-25-13-19(18)14-26-22)20-5-7-30(15-20)23-21-6-8-31(24(21)28-16-27-23)17-32-9-10-33(2,3)4;1-17-12-21(24-13-20(17)30(31)32)27(2)18-6-8-28(14-18)22-19-7-9-29(23(19)26-15-25-22)16-33-10-11-34(3,4)5;1-24(16-6-12-7-19-8-13(12)9-21-16)14-3-5-25(10-14)18-15-2-4-20-17(15)22-11-23-18;1-18-14-5-7-21(11-14)16-15-6-8-22(17(15)20-12-19-16)13-23-9-10-24(2,3)4;1-4-2-6(7)8-3-5(4)9(10)11/h6,8,11-12,14,16,20H,5,7,9-10,13,15,17H2,1-4H3;7,9,12-13,15,18H,6,8,10-11,14,16H2,1-5H3;2,4,6-7,9,11,14H,3,5,8,10H2,1H3,(H,20,22,23);6,8,12,14,18H,5,7,9-11,13H2,1-4H3;2-3H,1H3/t20-;18-;2*14-;/m1111./s1. The summed E-state index contributed by atoms with van der Waals surface area (Å²) in [5.41, 5.74) is 9.63. The molecular weight excluding hydrogens is 1680 g/mol. The summed E-state index contributed by atoms with van der Waals surface area (Å²) in [6.07, 6.45) is 29.2. The van der Waals surface area contributed by atoms with Crippen LogP contribution < -0.4 is 39.6 Å². The van der Waals surface area contributed by atoms with Gasteiger partial charge in [0.25, 0.3) is 11.4 Å². The predicted molar refractivity (Wildman–Crippen MR) is 513 cm³/mol. The molecule has 12 aromatic rings. The Morgan fingerprint density at radius 3 is 1.23 bits per heavy atom. The van der Waals surface area contributed by atoms with Crippen LogP contribution in [0.4, 0.5) is 52.1 Å². The summed E-state index contributed by atoms with van der Waals surface area (Å²) in [5, 5.41) is 29.3. The third kappa shape index (κ3) is 23.0. The molecule has 672 valence electrons. The van der Waals surface area contributed by atoms with Gasteiger partial charge in [0.05, 0.1) is 44.5 Å². The second-order valence-electron chi connectivity index (χ2n) is 36.9. The number of hydrogen-bond donors (Lipinski definition) is 2. The van der Waals surface area contributed by atoms with E-state index in [1.54, 1.807) is 45.2 Å². The first kappa shape index (κ1) is 91.8. The predicted octanol–water partition coefficient (Wildman–Crippen LogP) is 14.4. The molecule has 4 fully saturated rings. The Hall–Kier alpha value is -11.4. The van der Waals surface area contributed by atoms with Crippen molar-refractivity contribution in [2.75, 3.05) is 135 Å². The van der Waals surface area contributed by atoms with Gasteiger partial charge in [0.15, 0.2) is 0 Å². The first-order valence-electron chi connectivity index (χ1n) is 43.5. The average molecular weight is 1800 g/mol. The zero-order chi connectivity index (χ0) is 89.8. The number of anilines is 7. The molecule has 6 aliphatic heterocycles. The minimum atomic E-state index is -1.12. The van der Waals surface area contributed by atoms with Crippen molar-refractivity contribution >= 4 is 144 Å². The van der Waals surface area contributed by atoms with E-state index < -0.39 is 34.1 Å². The monoisotopic (exact) mass is 1800 g/mol. The van der Waals surface area contributed by atoms with E-state index in [1.165, 1.54) is 46.6 Å². The Bertz CT molecular complexity index is 5870. The highest BCUT2D eigenvalue weighted by Crippen LogP contribution is 2.36. The number of hydrogen-bond acceptors (Lipinski definition) is 29. The number of aromatic nitrogens is 16. The van der Waals surface area contributed by atoms with Gasteiger partial charge in [-0.25, -0.2) is 59.8 Å². The summed E-state index contributed by atoms with van der Waals surface area (Å²) < 4.78 is 24.0. The zero-order valence-electron chi connectivity index (χ0n) is 75.6. The van der Waals surface area contributed by atoms with Gasteiger partial charge < -0.3 is 72.5 Å². The number of aliphatic imine (C=N–C) groups is 2. The molecule has 2 N–H and O–H groups in total. The third-order valence-corrected chi connectivity index (χ3v) is 29.5. The number of rotatable bonds is 28. The number of fused-ring (bicyclic) bond motifs is 6. The maximum Gasteiger partial charge on any atom is 0.290 e. The molecule has 18 heterocycles. The molecule has 0 spiro atoms. The Labute approximate surface area is 748 Å². The van der Waals surface area contributed by atoms with Crippen LogP contribution >= 0.6 is 11.6 Å². The maximum absolute atomic E-state index is 11.1. The van der Waals surface area contributed by atoms with Crippen molar-refractivity contribution in [3.63, 3.8) is 0 Å². The maximum atomic E-state index is 11.1. The number of ether oxygens (including phenoxy) is 3. The highest BCUT2D eigenvalue weighted by Gasteiger charge is 2.34.